The second kappa shape index (κ2) is 3.88. The fraction of sp³-hybridized carbons (Fsp3) is 0.300. The lowest BCUT2D eigenvalue weighted by atomic mass is 10.1. The molecule has 4 N–H and O–H groups in total. The Labute approximate surface area is 86.8 Å². The van der Waals surface area contributed by atoms with Crippen molar-refractivity contribution in [2.45, 2.75) is 6.10 Å². The van der Waals surface area contributed by atoms with Crippen LogP contribution in [-0.4, -0.2) is 24.2 Å². The highest BCUT2D eigenvalue weighted by molar-refractivity contribution is 5.95. The third-order valence-corrected chi connectivity index (χ3v) is 2.25. The number of ether oxygens (including phenoxy) is 1. The molecule has 0 spiro atoms. The Balaban J connectivity index is 2.30. The molecule has 0 fully saturated rings. The monoisotopic (exact) mass is 208 g/mol. The first kappa shape index (κ1) is 9.95. The van der Waals surface area contributed by atoms with E-state index in [9.17, 15) is 9.90 Å². The van der Waals surface area contributed by atoms with Crippen LogP contribution in [0.25, 0.3) is 0 Å². The molecule has 5 nitrogen and oxygen atoms in total. The minimum atomic E-state index is -0.698. The lowest BCUT2D eigenvalue weighted by Gasteiger charge is -2.19. The van der Waals surface area contributed by atoms with E-state index in [1.165, 1.54) is 0 Å². The molecule has 0 aromatic heterocycles. The first-order valence-electron chi connectivity index (χ1n) is 4.65. The molecular weight excluding hydrogens is 196 g/mol. The summed E-state index contributed by atoms with van der Waals surface area (Å²) in [5, 5.41) is 12.2. The number of fused-ring (bicyclic) bond motifs is 1. The van der Waals surface area contributed by atoms with Crippen LogP contribution >= 0.6 is 0 Å². The maximum atomic E-state index is 11.0. The molecule has 1 aliphatic heterocycles. The van der Waals surface area contributed by atoms with Crippen LogP contribution in [0.15, 0.2) is 18.2 Å². The van der Waals surface area contributed by atoms with Gasteiger partial charge in [0.1, 0.15) is 5.75 Å². The van der Waals surface area contributed by atoms with Crippen molar-refractivity contribution in [2.75, 3.05) is 18.5 Å². The van der Waals surface area contributed by atoms with Gasteiger partial charge in [-0.3, -0.25) is 4.79 Å². The average molecular weight is 208 g/mol. The highest BCUT2D eigenvalue weighted by Crippen LogP contribution is 2.30. The van der Waals surface area contributed by atoms with Gasteiger partial charge in [-0.2, -0.15) is 0 Å². The van der Waals surface area contributed by atoms with Crippen molar-refractivity contribution < 1.29 is 14.6 Å². The number of aliphatic hydroxyl groups excluding tert-OH is 1. The molecule has 1 aromatic rings. The van der Waals surface area contributed by atoms with E-state index in [4.69, 9.17) is 10.5 Å². The molecule has 1 amide bonds. The molecule has 0 aliphatic carbocycles. The van der Waals surface area contributed by atoms with E-state index >= 15 is 0 Å². The van der Waals surface area contributed by atoms with E-state index in [-0.39, 0.29) is 19.1 Å². The Morgan fingerprint density at radius 1 is 1.60 bits per heavy atom. The van der Waals surface area contributed by atoms with E-state index in [2.05, 4.69) is 5.32 Å². The lowest BCUT2D eigenvalue weighted by molar-refractivity contribution is -0.118. The minimum Gasteiger partial charge on any atom is -0.482 e. The molecule has 0 saturated carbocycles. The van der Waals surface area contributed by atoms with Gasteiger partial charge in [-0.25, -0.2) is 0 Å². The van der Waals surface area contributed by atoms with Gasteiger partial charge in [0.2, 0.25) is 0 Å². The van der Waals surface area contributed by atoms with Crippen molar-refractivity contribution in [3.63, 3.8) is 0 Å². The van der Waals surface area contributed by atoms with Gasteiger partial charge in [0.25, 0.3) is 5.91 Å². The summed E-state index contributed by atoms with van der Waals surface area (Å²) in [5.74, 6) is 0.397. The second-order valence-electron chi connectivity index (χ2n) is 3.34. The summed E-state index contributed by atoms with van der Waals surface area (Å²) in [6.45, 7) is 0.167. The number of benzene rings is 1. The third-order valence-electron chi connectivity index (χ3n) is 2.25. The molecule has 2 rings (SSSR count). The van der Waals surface area contributed by atoms with Crippen LogP contribution in [0.2, 0.25) is 0 Å². The predicted molar refractivity (Wildman–Crippen MR) is 54.6 cm³/mol. The zero-order valence-corrected chi connectivity index (χ0v) is 8.06. The highest BCUT2D eigenvalue weighted by atomic mass is 16.5. The summed E-state index contributed by atoms with van der Waals surface area (Å²) in [6, 6.07) is 5.10. The Bertz CT molecular complexity index is 392. The van der Waals surface area contributed by atoms with E-state index in [1.807, 2.05) is 0 Å². The molecule has 15 heavy (non-hydrogen) atoms. The number of hydrogen-bond acceptors (Lipinski definition) is 4. The summed E-state index contributed by atoms with van der Waals surface area (Å²) < 4.78 is 5.21. The van der Waals surface area contributed by atoms with Gasteiger partial charge in [-0.05, 0) is 17.7 Å². The molecule has 1 aromatic carbocycles. The van der Waals surface area contributed by atoms with Crippen LogP contribution in [0.1, 0.15) is 11.7 Å². The predicted octanol–water partition coefficient (Wildman–Crippen LogP) is 0.00960. The maximum absolute atomic E-state index is 11.0. The second-order valence-corrected chi connectivity index (χ2v) is 3.34. The smallest absolute Gasteiger partial charge is 0.262 e. The maximum Gasteiger partial charge on any atom is 0.262 e. The summed E-state index contributed by atoms with van der Waals surface area (Å²) >= 11 is 0. The van der Waals surface area contributed by atoms with Gasteiger partial charge in [-0.1, -0.05) is 6.07 Å². The van der Waals surface area contributed by atoms with E-state index in [0.29, 0.717) is 17.0 Å². The average Bonchev–Trinajstić information content (AvgIpc) is 2.27. The standard InChI is InChI=1S/C10H12N2O3/c11-4-8(13)6-1-2-7-9(3-6)15-5-10(14)12-7/h1-3,8,13H,4-5,11H2,(H,12,14). The Morgan fingerprint density at radius 3 is 3.13 bits per heavy atom. The Kier molecular flexibility index (Phi) is 2.57. The quantitative estimate of drug-likeness (QED) is 0.639. The summed E-state index contributed by atoms with van der Waals surface area (Å²) in [5.41, 5.74) is 6.65. The van der Waals surface area contributed by atoms with Crippen molar-refractivity contribution in [1.29, 1.82) is 0 Å². The van der Waals surface area contributed by atoms with E-state index < -0.39 is 6.10 Å². The van der Waals surface area contributed by atoms with Gasteiger partial charge in [0.15, 0.2) is 6.61 Å². The van der Waals surface area contributed by atoms with Crippen molar-refractivity contribution in [1.82, 2.24) is 0 Å². The fourth-order valence-electron chi connectivity index (χ4n) is 1.43. The number of carbonyl (C=O) groups excluding carboxylic acids is 1. The van der Waals surface area contributed by atoms with Crippen LogP contribution in [0.4, 0.5) is 5.69 Å². The molecule has 5 heteroatoms. The largest absolute Gasteiger partial charge is 0.482 e. The van der Waals surface area contributed by atoms with Gasteiger partial charge in [0, 0.05) is 6.54 Å². The van der Waals surface area contributed by atoms with Gasteiger partial charge < -0.3 is 20.9 Å². The highest BCUT2D eigenvalue weighted by Gasteiger charge is 2.17. The number of aliphatic hydroxyl groups is 1. The molecule has 80 valence electrons. The molecule has 0 radical (unpaired) electrons. The number of amides is 1. The molecule has 1 heterocycles. The van der Waals surface area contributed by atoms with Crippen molar-refractivity contribution in [3.05, 3.63) is 23.8 Å². The zero-order chi connectivity index (χ0) is 10.8. The summed E-state index contributed by atoms with van der Waals surface area (Å²) in [4.78, 5) is 11.0. The van der Waals surface area contributed by atoms with Gasteiger partial charge in [-0.15, -0.1) is 0 Å². The SMILES string of the molecule is NCC(O)c1ccc2c(c1)OCC(=O)N2. The first-order valence-corrected chi connectivity index (χ1v) is 4.65. The van der Waals surface area contributed by atoms with Crippen molar-refractivity contribution in [3.8, 4) is 5.75 Å². The number of anilines is 1. The zero-order valence-electron chi connectivity index (χ0n) is 8.06. The van der Waals surface area contributed by atoms with Gasteiger partial charge >= 0.3 is 0 Å². The van der Waals surface area contributed by atoms with Crippen LogP contribution in [0, 0.1) is 0 Å². The summed E-state index contributed by atoms with van der Waals surface area (Å²) in [6.07, 6.45) is -0.698. The fourth-order valence-corrected chi connectivity index (χ4v) is 1.43. The lowest BCUT2D eigenvalue weighted by Crippen LogP contribution is -2.25. The topological polar surface area (TPSA) is 84.6 Å². The first-order chi connectivity index (χ1) is 7.20. The number of nitrogens with two attached hydrogens (primary N) is 1. The normalized spacial score (nSPS) is 16.3. The van der Waals surface area contributed by atoms with Crippen molar-refractivity contribution in [2.24, 2.45) is 5.73 Å². The Hall–Kier alpha value is -1.59. The third kappa shape index (κ3) is 1.93. The van der Waals surface area contributed by atoms with Crippen LogP contribution in [-0.2, 0) is 4.79 Å². The van der Waals surface area contributed by atoms with Crippen LogP contribution in [0.3, 0.4) is 0 Å². The number of hydrogen-bond donors (Lipinski definition) is 3. The number of rotatable bonds is 2. The van der Waals surface area contributed by atoms with E-state index in [1.54, 1.807) is 18.2 Å². The molecule has 0 bridgehead atoms. The van der Waals surface area contributed by atoms with Crippen molar-refractivity contribution >= 4 is 11.6 Å². The van der Waals surface area contributed by atoms with Crippen LogP contribution < -0.4 is 15.8 Å². The molecule has 0 saturated heterocycles. The number of nitrogens with one attached hydrogen (secondary N) is 1. The van der Waals surface area contributed by atoms with Gasteiger partial charge in [0.05, 0.1) is 11.8 Å². The summed E-state index contributed by atoms with van der Waals surface area (Å²) in [7, 11) is 0. The molecule has 1 unspecified atom stereocenters. The molecular formula is C10H12N2O3. The van der Waals surface area contributed by atoms with Crippen LogP contribution in [0.5, 0.6) is 5.75 Å². The number of carbonyl (C=O) groups is 1. The molecule has 1 atom stereocenters. The minimum absolute atomic E-state index is 0.00910. The molecule has 1 aliphatic rings. The van der Waals surface area contributed by atoms with E-state index in [0.717, 1.165) is 0 Å². The Morgan fingerprint density at radius 2 is 2.40 bits per heavy atom.